The number of hydrogen-bond donors (Lipinski definition) is 1. The molecular weight excluding hydrogens is 238 g/mol. The summed E-state index contributed by atoms with van der Waals surface area (Å²) in [7, 11) is 0. The first-order valence-electron chi connectivity index (χ1n) is 7.38. The number of nitrogens with one attached hydrogen (secondary N) is 1. The molecule has 0 bridgehead atoms. The van der Waals surface area contributed by atoms with Gasteiger partial charge in [-0.15, -0.1) is 0 Å². The maximum Gasteiger partial charge on any atom is 0.122 e. The second kappa shape index (κ2) is 5.93. The fourth-order valence-corrected chi connectivity index (χ4v) is 2.95. The number of hydrogen-bond acceptors (Lipinski definition) is 3. The molecule has 1 N–H and O–H groups in total. The molecule has 3 nitrogen and oxygen atoms in total. The molecule has 3 rings (SSSR count). The summed E-state index contributed by atoms with van der Waals surface area (Å²) in [6.45, 7) is 6.01. The van der Waals surface area contributed by atoms with Gasteiger partial charge >= 0.3 is 0 Å². The van der Waals surface area contributed by atoms with Crippen LogP contribution < -0.4 is 10.1 Å². The minimum Gasteiger partial charge on any atom is -0.493 e. The average Bonchev–Trinajstić information content (AvgIpc) is 3.09. The van der Waals surface area contributed by atoms with E-state index in [9.17, 15) is 0 Å². The number of ether oxygens (including phenoxy) is 2. The Bertz CT molecular complexity index is 427. The predicted molar refractivity (Wildman–Crippen MR) is 75.7 cm³/mol. The van der Waals surface area contributed by atoms with Crippen molar-refractivity contribution in [1.29, 1.82) is 0 Å². The van der Waals surface area contributed by atoms with Crippen LogP contribution in [0.1, 0.15) is 24.5 Å². The smallest absolute Gasteiger partial charge is 0.122 e. The summed E-state index contributed by atoms with van der Waals surface area (Å²) in [6, 6.07) is 7.16. The third-order valence-electron chi connectivity index (χ3n) is 4.31. The zero-order chi connectivity index (χ0) is 13.1. The molecule has 0 radical (unpaired) electrons. The summed E-state index contributed by atoms with van der Waals surface area (Å²) in [6.07, 6.45) is 3.35. The van der Waals surface area contributed by atoms with Crippen molar-refractivity contribution >= 4 is 0 Å². The first-order chi connectivity index (χ1) is 9.33. The Kier molecular flexibility index (Phi) is 4.04. The van der Waals surface area contributed by atoms with Crippen molar-refractivity contribution in [2.24, 2.45) is 5.92 Å². The SMILES string of the molecule is CC(NCCc1ccc2c(c1)CCO2)C1CCOC1. The molecule has 2 heterocycles. The summed E-state index contributed by atoms with van der Waals surface area (Å²) >= 11 is 0. The highest BCUT2D eigenvalue weighted by atomic mass is 16.5. The number of benzene rings is 1. The van der Waals surface area contributed by atoms with Gasteiger partial charge in [0.15, 0.2) is 0 Å². The van der Waals surface area contributed by atoms with Crippen LogP contribution in [0, 0.1) is 5.92 Å². The number of rotatable bonds is 5. The lowest BCUT2D eigenvalue weighted by Crippen LogP contribution is -2.35. The molecule has 0 saturated carbocycles. The van der Waals surface area contributed by atoms with E-state index in [0.29, 0.717) is 12.0 Å². The minimum atomic E-state index is 0.556. The van der Waals surface area contributed by atoms with Crippen LogP contribution in [-0.2, 0) is 17.6 Å². The Morgan fingerprint density at radius 1 is 1.37 bits per heavy atom. The summed E-state index contributed by atoms with van der Waals surface area (Å²) in [5.41, 5.74) is 2.78. The van der Waals surface area contributed by atoms with Gasteiger partial charge in [-0.25, -0.2) is 0 Å². The van der Waals surface area contributed by atoms with E-state index in [0.717, 1.165) is 45.0 Å². The molecule has 2 aliphatic rings. The van der Waals surface area contributed by atoms with Crippen LogP contribution in [-0.4, -0.2) is 32.4 Å². The molecule has 19 heavy (non-hydrogen) atoms. The highest BCUT2D eigenvalue weighted by molar-refractivity contribution is 5.39. The molecule has 1 aromatic rings. The average molecular weight is 261 g/mol. The lowest BCUT2D eigenvalue weighted by Gasteiger charge is -2.19. The molecule has 1 fully saturated rings. The molecule has 0 amide bonds. The van der Waals surface area contributed by atoms with E-state index in [1.54, 1.807) is 0 Å². The largest absolute Gasteiger partial charge is 0.493 e. The fourth-order valence-electron chi connectivity index (χ4n) is 2.95. The fraction of sp³-hybridized carbons (Fsp3) is 0.625. The van der Waals surface area contributed by atoms with Gasteiger partial charge in [-0.05, 0) is 49.4 Å². The molecule has 104 valence electrons. The van der Waals surface area contributed by atoms with Gasteiger partial charge in [-0.2, -0.15) is 0 Å². The van der Waals surface area contributed by atoms with E-state index in [2.05, 4.69) is 30.4 Å². The van der Waals surface area contributed by atoms with Gasteiger partial charge in [0.1, 0.15) is 5.75 Å². The van der Waals surface area contributed by atoms with Gasteiger partial charge in [0.05, 0.1) is 13.2 Å². The third-order valence-corrected chi connectivity index (χ3v) is 4.31. The van der Waals surface area contributed by atoms with Gasteiger partial charge in [0.2, 0.25) is 0 Å². The maximum absolute atomic E-state index is 5.53. The molecule has 1 aromatic carbocycles. The van der Waals surface area contributed by atoms with Crippen molar-refractivity contribution in [2.45, 2.75) is 32.2 Å². The predicted octanol–water partition coefficient (Wildman–Crippen LogP) is 2.18. The molecule has 3 heteroatoms. The second-order valence-electron chi connectivity index (χ2n) is 5.66. The molecule has 2 aliphatic heterocycles. The van der Waals surface area contributed by atoms with E-state index in [-0.39, 0.29) is 0 Å². The van der Waals surface area contributed by atoms with E-state index in [1.165, 1.54) is 17.5 Å². The van der Waals surface area contributed by atoms with E-state index >= 15 is 0 Å². The Morgan fingerprint density at radius 3 is 3.16 bits per heavy atom. The zero-order valence-electron chi connectivity index (χ0n) is 11.7. The Hall–Kier alpha value is -1.06. The highest BCUT2D eigenvalue weighted by Crippen LogP contribution is 2.26. The summed E-state index contributed by atoms with van der Waals surface area (Å²) in [5.74, 6) is 1.77. The highest BCUT2D eigenvalue weighted by Gasteiger charge is 2.21. The first-order valence-corrected chi connectivity index (χ1v) is 7.38. The minimum absolute atomic E-state index is 0.556. The van der Waals surface area contributed by atoms with E-state index < -0.39 is 0 Å². The number of fused-ring (bicyclic) bond motifs is 1. The van der Waals surface area contributed by atoms with Crippen LogP contribution in [0.3, 0.4) is 0 Å². The van der Waals surface area contributed by atoms with Crippen molar-refractivity contribution in [3.8, 4) is 5.75 Å². The maximum atomic E-state index is 5.53. The van der Waals surface area contributed by atoms with Gasteiger partial charge in [0.25, 0.3) is 0 Å². The molecule has 0 aliphatic carbocycles. The van der Waals surface area contributed by atoms with Crippen LogP contribution >= 0.6 is 0 Å². The van der Waals surface area contributed by atoms with Gasteiger partial charge in [-0.1, -0.05) is 12.1 Å². The molecule has 0 spiro atoms. The standard InChI is InChI=1S/C16H23NO2/c1-12(15-5-8-18-11-15)17-7-4-13-2-3-16-14(10-13)6-9-19-16/h2-3,10,12,15,17H,4-9,11H2,1H3. The molecule has 2 unspecified atom stereocenters. The van der Waals surface area contributed by atoms with E-state index in [1.807, 2.05) is 0 Å². The third kappa shape index (κ3) is 3.10. The Balaban J connectivity index is 1.47. The van der Waals surface area contributed by atoms with Crippen molar-refractivity contribution in [3.63, 3.8) is 0 Å². The summed E-state index contributed by atoms with van der Waals surface area (Å²) in [4.78, 5) is 0. The van der Waals surface area contributed by atoms with Crippen LogP contribution in [0.4, 0.5) is 0 Å². The molecule has 0 aromatic heterocycles. The second-order valence-corrected chi connectivity index (χ2v) is 5.66. The van der Waals surface area contributed by atoms with Crippen LogP contribution in [0.15, 0.2) is 18.2 Å². The quantitative estimate of drug-likeness (QED) is 0.881. The zero-order valence-corrected chi connectivity index (χ0v) is 11.7. The monoisotopic (exact) mass is 261 g/mol. The lowest BCUT2D eigenvalue weighted by atomic mass is 10.0. The molecule has 2 atom stereocenters. The molecule has 1 saturated heterocycles. The van der Waals surface area contributed by atoms with E-state index in [4.69, 9.17) is 9.47 Å². The van der Waals surface area contributed by atoms with Gasteiger partial charge in [-0.3, -0.25) is 0 Å². The van der Waals surface area contributed by atoms with Crippen LogP contribution in [0.25, 0.3) is 0 Å². The normalized spacial score (nSPS) is 23.1. The first kappa shape index (κ1) is 12.9. The van der Waals surface area contributed by atoms with Gasteiger partial charge < -0.3 is 14.8 Å². The van der Waals surface area contributed by atoms with Crippen molar-refractivity contribution < 1.29 is 9.47 Å². The Morgan fingerprint density at radius 2 is 2.32 bits per heavy atom. The van der Waals surface area contributed by atoms with Crippen LogP contribution in [0.5, 0.6) is 5.75 Å². The molecular formula is C16H23NO2. The van der Waals surface area contributed by atoms with Crippen molar-refractivity contribution in [3.05, 3.63) is 29.3 Å². The van der Waals surface area contributed by atoms with Gasteiger partial charge in [0, 0.05) is 19.1 Å². The van der Waals surface area contributed by atoms with Crippen molar-refractivity contribution in [2.75, 3.05) is 26.4 Å². The van der Waals surface area contributed by atoms with Crippen molar-refractivity contribution in [1.82, 2.24) is 5.32 Å². The summed E-state index contributed by atoms with van der Waals surface area (Å²) < 4.78 is 11.0. The lowest BCUT2D eigenvalue weighted by molar-refractivity contribution is 0.178. The summed E-state index contributed by atoms with van der Waals surface area (Å²) in [5, 5.41) is 3.63. The Labute approximate surface area is 115 Å². The van der Waals surface area contributed by atoms with Crippen LogP contribution in [0.2, 0.25) is 0 Å². The topological polar surface area (TPSA) is 30.5 Å².